The quantitative estimate of drug-likeness (QED) is 0.0280. The van der Waals surface area contributed by atoms with E-state index in [1.807, 2.05) is 6.07 Å². The van der Waals surface area contributed by atoms with E-state index in [0.29, 0.717) is 130 Å². The van der Waals surface area contributed by atoms with Crippen molar-refractivity contribution in [1.82, 2.24) is 96.2 Å². The Morgan fingerprint density at radius 3 is 1.13 bits per heavy atom. The second-order valence-electron chi connectivity index (χ2n) is 26.5. The Morgan fingerprint density at radius 2 is 0.746 bits per heavy atom. The van der Waals surface area contributed by atoms with Crippen molar-refractivity contribution >= 4 is 114 Å². The number of benzene rings is 8. The molecule has 1 saturated heterocycles. The molecule has 0 bridgehead atoms. The van der Waals surface area contributed by atoms with E-state index in [1.165, 1.54) is 74.9 Å². The summed E-state index contributed by atoms with van der Waals surface area (Å²) in [6.07, 6.45) is 5.87. The monoisotopic (exact) mass is 1690 g/mol. The first-order valence-corrected chi connectivity index (χ1v) is 37.4. The van der Waals surface area contributed by atoms with Crippen LogP contribution >= 0.6 is 11.6 Å². The number of nitrogens with one attached hydrogen (secondary N) is 16. The van der Waals surface area contributed by atoms with Gasteiger partial charge in [0.2, 0.25) is 0 Å². The lowest BCUT2D eigenvalue weighted by molar-refractivity contribution is 0.0342. The third kappa shape index (κ3) is 20.1. The first-order chi connectivity index (χ1) is 59.3. The van der Waals surface area contributed by atoms with Gasteiger partial charge in [-0.05, 0) is 89.5 Å². The summed E-state index contributed by atoms with van der Waals surface area (Å²) in [7, 11) is 9.28. The number of carbonyl (C=O) groups excluding carboxylic acids is 4. The maximum absolute atomic E-state index is 13.7. The highest BCUT2D eigenvalue weighted by Crippen LogP contribution is 2.38. The van der Waals surface area contributed by atoms with Crippen molar-refractivity contribution in [3.63, 3.8) is 0 Å². The maximum atomic E-state index is 13.7. The normalized spacial score (nSPS) is 11.8. The molecule has 1 fully saturated rings. The standard InChI is InChI=1S/C23H24FN7O2.C20H19FN6O3.C19H17ClN6O3.C19H16F2N6O3/c24-17-4-1-15(2-5-17)12-25-23(32)29-20-13-26-30-21(20)22-27-18-6-3-16(11-19(18)28-22)14-31-7-9-33-10-8-31;1-29-16-7-13-14(8-17(16)30-2)25-19(24-13)18-15(10-23-27-18)26-20(28)22-9-11-3-5-12(21)6-4-11;1-28-15-7-12-13(8-16(15)29-2)24-18(23-12)17-14(9-21-26-17)25-19(27)22-11-5-3-10(20)4-6-11;1-29-14-6-11-12(7-15(14)30-2)24-18(23-11)17-13(8-22-27-17)25-19(28)26-16-9(20)4-3-5-10(16)21/h1-6,11,13H,7-10,12,14H2,(H,26,30)(H,27,28)(H2,25,29,32);3-8,10H,9H2,1-2H3,(H,23,27)(H,24,25)(H2,22,26,28);3-9H,1-2H3,(H,21,26)(H,23,24)(H2,22,25,27);3-8H,1-2H3,(H,22,27)(H,23,24)(H2,25,26,28). The van der Waals surface area contributed by atoms with E-state index in [4.69, 9.17) is 44.8 Å². The maximum Gasteiger partial charge on any atom is 0.323 e. The lowest BCUT2D eigenvalue weighted by Gasteiger charge is -2.26. The fourth-order valence-corrected chi connectivity index (χ4v) is 12.6. The highest BCUT2D eigenvalue weighted by molar-refractivity contribution is 6.30. The third-order valence-corrected chi connectivity index (χ3v) is 18.8. The van der Waals surface area contributed by atoms with Gasteiger partial charge < -0.3 is 95.6 Å². The summed E-state index contributed by atoms with van der Waals surface area (Å²) in [4.78, 5) is 82.5. The van der Waals surface area contributed by atoms with E-state index in [2.05, 4.69) is 140 Å². The number of rotatable bonds is 22. The van der Waals surface area contributed by atoms with Gasteiger partial charge in [-0.3, -0.25) is 25.3 Å². The summed E-state index contributed by atoms with van der Waals surface area (Å²) in [5, 5.41) is 49.0. The van der Waals surface area contributed by atoms with Gasteiger partial charge in [0.15, 0.2) is 57.8 Å². The number of aromatic amines is 8. The molecule has 0 unspecified atom stereocenters. The largest absolute Gasteiger partial charge is 0.493 e. The van der Waals surface area contributed by atoms with Crippen molar-refractivity contribution in [3.8, 4) is 80.6 Å². The summed E-state index contributed by atoms with van der Waals surface area (Å²) >= 11 is 5.86. The number of H-pyrrole nitrogens is 8. The van der Waals surface area contributed by atoms with Crippen LogP contribution in [0.1, 0.15) is 16.7 Å². The fraction of sp³-hybridized carbons (Fsp3) is 0.160. The Kier molecular flexibility index (Phi) is 25.9. The van der Waals surface area contributed by atoms with Gasteiger partial charge in [-0.2, -0.15) is 20.4 Å². The summed E-state index contributed by atoms with van der Waals surface area (Å²) in [6.45, 7) is 4.78. The minimum atomic E-state index is -0.891. The number of methoxy groups -OCH3 is 6. The van der Waals surface area contributed by atoms with E-state index in [0.717, 1.165) is 78.2 Å². The predicted octanol–water partition coefficient (Wildman–Crippen LogP) is 14.8. The van der Waals surface area contributed by atoms with Crippen LogP contribution in [0.25, 0.3) is 90.2 Å². The van der Waals surface area contributed by atoms with Crippen LogP contribution in [0.3, 0.4) is 0 Å². The van der Waals surface area contributed by atoms with Gasteiger partial charge in [0.25, 0.3) is 0 Å². The fourth-order valence-electron chi connectivity index (χ4n) is 12.5. The van der Waals surface area contributed by atoms with Crippen LogP contribution in [-0.2, 0) is 24.4 Å². The molecular formula is C81H76ClF4N25O11. The molecule has 8 aromatic carbocycles. The molecule has 8 aromatic heterocycles. The number of nitrogens with zero attached hydrogens (tertiary/aromatic N) is 9. The first kappa shape index (κ1) is 82.8. The number of morpholine rings is 1. The number of imidazole rings is 4. The van der Waals surface area contributed by atoms with Crippen molar-refractivity contribution < 1.29 is 69.9 Å². The van der Waals surface area contributed by atoms with E-state index in [9.17, 15) is 36.7 Å². The van der Waals surface area contributed by atoms with Crippen molar-refractivity contribution in [2.24, 2.45) is 0 Å². The van der Waals surface area contributed by atoms with Crippen molar-refractivity contribution in [1.29, 1.82) is 0 Å². The molecule has 122 heavy (non-hydrogen) atoms. The molecule has 8 amide bonds. The molecule has 16 N–H and O–H groups in total. The Hall–Kier alpha value is -15.7. The Bertz CT molecular complexity index is 6220. The molecule has 0 spiro atoms. The number of amides is 8. The van der Waals surface area contributed by atoms with Crippen LogP contribution in [0.5, 0.6) is 34.5 Å². The number of ether oxygens (including phenoxy) is 7. The minimum Gasteiger partial charge on any atom is -0.493 e. The Labute approximate surface area is 693 Å². The summed E-state index contributed by atoms with van der Waals surface area (Å²) in [5.41, 5.74) is 12.4. The van der Waals surface area contributed by atoms with Crippen LogP contribution in [0.15, 0.2) is 170 Å². The van der Waals surface area contributed by atoms with E-state index in [-0.39, 0.29) is 30.4 Å². The third-order valence-electron chi connectivity index (χ3n) is 18.6. The van der Waals surface area contributed by atoms with E-state index >= 15 is 0 Å². The van der Waals surface area contributed by atoms with E-state index in [1.54, 1.807) is 113 Å². The molecule has 9 heterocycles. The first-order valence-electron chi connectivity index (χ1n) is 37.0. The Morgan fingerprint density at radius 1 is 0.402 bits per heavy atom. The molecular weight excluding hydrogens is 1610 g/mol. The van der Waals surface area contributed by atoms with Crippen LogP contribution in [0, 0.1) is 23.3 Å². The molecule has 1 aliphatic rings. The molecule has 1 aliphatic heterocycles. The topological polar surface area (TPSA) is 462 Å². The number of hydrogen-bond donors (Lipinski definition) is 16. The second-order valence-corrected chi connectivity index (χ2v) is 27.0. The van der Waals surface area contributed by atoms with Crippen molar-refractivity contribution in [2.75, 3.05) is 101 Å². The van der Waals surface area contributed by atoms with Crippen LogP contribution in [0.4, 0.5) is 70.9 Å². The molecule has 41 heteroatoms. The van der Waals surface area contributed by atoms with Gasteiger partial charge in [0.1, 0.15) is 51.7 Å². The van der Waals surface area contributed by atoms with Gasteiger partial charge in [0.05, 0.1) is 148 Å². The number of urea groups is 4. The highest BCUT2D eigenvalue weighted by Gasteiger charge is 2.24. The highest BCUT2D eigenvalue weighted by atomic mass is 35.5. The number of anilines is 6. The number of aromatic nitrogens is 16. The summed E-state index contributed by atoms with van der Waals surface area (Å²) in [5.74, 6) is 2.87. The number of hydrogen-bond acceptors (Lipinski definition) is 20. The molecule has 17 rings (SSSR count). The lowest BCUT2D eigenvalue weighted by atomic mass is 10.2. The van der Waals surface area contributed by atoms with Gasteiger partial charge in [-0.25, -0.2) is 56.7 Å². The zero-order chi connectivity index (χ0) is 85.3. The average Bonchev–Trinajstić information content (AvgIpc) is 1.69. The SMILES string of the molecule is COc1cc2nc(-c3[nH]ncc3NC(=O)NCc3ccc(F)cc3)[nH]c2cc1OC.COc1cc2nc(-c3[nH]ncc3NC(=O)Nc3c(F)cccc3F)[nH]c2cc1OC.COc1cc2nc(-c3[nH]ncc3NC(=O)Nc3ccc(Cl)cc3)[nH]c2cc1OC.O=C(NCc1ccc(F)cc1)Nc1cn[nH]c1-c1nc2ccc(CN3CCOCC3)cc2[nH]1. The summed E-state index contributed by atoms with van der Waals surface area (Å²) < 4.78 is 90.7. The van der Waals surface area contributed by atoms with Gasteiger partial charge >= 0.3 is 24.1 Å². The number of para-hydroxylation sites is 1. The van der Waals surface area contributed by atoms with Crippen LogP contribution in [0.2, 0.25) is 5.02 Å². The number of carbonyl (C=O) groups is 4. The lowest BCUT2D eigenvalue weighted by Crippen LogP contribution is -2.35. The zero-order valence-corrected chi connectivity index (χ0v) is 66.3. The van der Waals surface area contributed by atoms with Gasteiger partial charge in [-0.15, -0.1) is 0 Å². The second kappa shape index (κ2) is 38.1. The van der Waals surface area contributed by atoms with Crippen LogP contribution < -0.4 is 71.0 Å². The van der Waals surface area contributed by atoms with Gasteiger partial charge in [-0.1, -0.05) is 48.0 Å². The molecule has 0 radical (unpaired) electrons. The molecule has 0 atom stereocenters. The molecule has 16 aromatic rings. The van der Waals surface area contributed by atoms with E-state index < -0.39 is 41.4 Å². The summed E-state index contributed by atoms with van der Waals surface area (Å²) in [6, 6.07) is 36.5. The number of halogens is 5. The molecule has 0 aliphatic carbocycles. The molecule has 0 saturated carbocycles. The van der Waals surface area contributed by atoms with Crippen LogP contribution in [-0.4, -0.2) is 179 Å². The smallest absolute Gasteiger partial charge is 0.323 e. The van der Waals surface area contributed by atoms with Gasteiger partial charge in [0, 0.05) is 79.8 Å². The zero-order valence-electron chi connectivity index (χ0n) is 65.5. The predicted molar refractivity (Wildman–Crippen MR) is 448 cm³/mol. The Balaban J connectivity index is 0.000000133. The molecule has 626 valence electrons. The average molecular weight is 1690 g/mol. The number of fused-ring (bicyclic) bond motifs is 4. The minimum absolute atomic E-state index is 0.252. The van der Waals surface area contributed by atoms with Crippen molar-refractivity contribution in [2.45, 2.75) is 19.6 Å². The molecule has 36 nitrogen and oxygen atoms in total. The van der Waals surface area contributed by atoms with Crippen molar-refractivity contribution in [3.05, 3.63) is 215 Å².